The van der Waals surface area contributed by atoms with Crippen molar-refractivity contribution in [2.24, 2.45) is 0 Å². The number of thiophene rings is 1. The molecule has 0 amide bonds. The molecule has 3 heterocycles. The molecule has 4 aromatic rings. The van der Waals surface area contributed by atoms with E-state index in [0.717, 1.165) is 20.8 Å². The Balaban J connectivity index is 1.62. The van der Waals surface area contributed by atoms with Gasteiger partial charge in [0.1, 0.15) is 12.5 Å². The van der Waals surface area contributed by atoms with Crippen LogP contribution < -0.4 is 10.5 Å². The lowest BCUT2D eigenvalue weighted by molar-refractivity contribution is 0.0900. The molecule has 3 aromatic heterocycles. The lowest BCUT2D eigenvalue weighted by Crippen LogP contribution is -2.01. The molecule has 0 spiro atoms. The summed E-state index contributed by atoms with van der Waals surface area (Å²) in [5.41, 5.74) is 7.50. The van der Waals surface area contributed by atoms with Crippen molar-refractivity contribution in [2.75, 3.05) is 18.1 Å². The van der Waals surface area contributed by atoms with Gasteiger partial charge in [0, 0.05) is 36.0 Å². The van der Waals surface area contributed by atoms with Crippen LogP contribution in [0.1, 0.15) is 0 Å². The highest BCUT2D eigenvalue weighted by Crippen LogP contribution is 2.39. The number of hydrogen-bond donors (Lipinski definition) is 2. The van der Waals surface area contributed by atoms with E-state index in [1.54, 1.807) is 24.7 Å². The Kier molecular flexibility index (Phi) is 5.47. The number of anilines is 1. The Hall–Kier alpha value is -2.62. The fourth-order valence-electron chi connectivity index (χ4n) is 2.63. The minimum absolute atomic E-state index is 0.113. The first-order valence-corrected chi connectivity index (χ1v) is 9.91. The van der Waals surface area contributed by atoms with Crippen molar-refractivity contribution in [1.82, 2.24) is 14.5 Å². The SMILES string of the molecule is Nc1ccc(Oc2ccnc3cc(-c4cn(COCCS)cn4)sc23)c(F)c1. The third kappa shape index (κ3) is 3.96. The topological polar surface area (TPSA) is 75.2 Å². The van der Waals surface area contributed by atoms with Gasteiger partial charge in [0.2, 0.25) is 0 Å². The molecular weight excluding hydrogens is 399 g/mol. The second-order valence-electron chi connectivity index (χ2n) is 5.96. The largest absolute Gasteiger partial charge is 0.453 e. The maximum atomic E-state index is 14.1. The van der Waals surface area contributed by atoms with Crippen LogP contribution in [0.4, 0.5) is 10.1 Å². The van der Waals surface area contributed by atoms with Crippen LogP contribution in [0.2, 0.25) is 0 Å². The highest BCUT2D eigenvalue weighted by atomic mass is 32.1. The van der Waals surface area contributed by atoms with Crippen LogP contribution in [0.15, 0.2) is 49.1 Å². The summed E-state index contributed by atoms with van der Waals surface area (Å²) in [6.45, 7) is 0.993. The van der Waals surface area contributed by atoms with Crippen molar-refractivity contribution in [3.8, 4) is 22.1 Å². The van der Waals surface area contributed by atoms with Gasteiger partial charge < -0.3 is 19.8 Å². The number of nitrogens with two attached hydrogens (primary N) is 1. The average molecular weight is 417 g/mol. The Morgan fingerprint density at radius 1 is 1.18 bits per heavy atom. The van der Waals surface area contributed by atoms with Crippen LogP contribution >= 0.6 is 24.0 Å². The van der Waals surface area contributed by atoms with E-state index >= 15 is 0 Å². The van der Waals surface area contributed by atoms with Gasteiger partial charge in [-0.1, -0.05) is 0 Å². The summed E-state index contributed by atoms with van der Waals surface area (Å²) in [4.78, 5) is 9.75. The lowest BCUT2D eigenvalue weighted by Gasteiger charge is -2.07. The third-order valence-corrected chi connectivity index (χ3v) is 5.26. The first-order valence-electron chi connectivity index (χ1n) is 8.46. The minimum Gasteiger partial charge on any atom is -0.453 e. The smallest absolute Gasteiger partial charge is 0.167 e. The van der Waals surface area contributed by atoms with Gasteiger partial charge in [-0.25, -0.2) is 9.37 Å². The number of nitrogens with zero attached hydrogens (tertiary/aromatic N) is 3. The van der Waals surface area contributed by atoms with E-state index in [0.29, 0.717) is 30.5 Å². The number of halogens is 1. The van der Waals surface area contributed by atoms with Crippen LogP contribution in [0.5, 0.6) is 11.5 Å². The molecule has 0 fully saturated rings. The number of nitrogen functional groups attached to an aromatic ring is 1. The second-order valence-corrected chi connectivity index (χ2v) is 7.46. The molecular formula is C19H17FN4O2S2. The average Bonchev–Trinajstić information content (AvgIpc) is 3.31. The summed E-state index contributed by atoms with van der Waals surface area (Å²) in [6, 6.07) is 7.99. The molecule has 0 aliphatic carbocycles. The molecule has 1 aromatic carbocycles. The van der Waals surface area contributed by atoms with Gasteiger partial charge in [0.25, 0.3) is 0 Å². The molecule has 144 valence electrons. The number of imidazole rings is 1. The maximum absolute atomic E-state index is 14.1. The van der Waals surface area contributed by atoms with Crippen molar-refractivity contribution in [2.45, 2.75) is 6.73 Å². The predicted octanol–water partition coefficient (Wildman–Crippen LogP) is 4.58. The van der Waals surface area contributed by atoms with Crippen molar-refractivity contribution in [1.29, 1.82) is 0 Å². The number of aromatic nitrogens is 3. The van der Waals surface area contributed by atoms with Gasteiger partial charge in [0.15, 0.2) is 11.6 Å². The van der Waals surface area contributed by atoms with Crippen LogP contribution in [-0.4, -0.2) is 26.9 Å². The van der Waals surface area contributed by atoms with Crippen LogP contribution in [0.3, 0.4) is 0 Å². The summed E-state index contributed by atoms with van der Waals surface area (Å²) in [7, 11) is 0. The van der Waals surface area contributed by atoms with E-state index in [1.807, 2.05) is 16.8 Å². The molecule has 0 aliphatic heterocycles. The van der Waals surface area contributed by atoms with Crippen LogP contribution in [-0.2, 0) is 11.5 Å². The van der Waals surface area contributed by atoms with Crippen LogP contribution in [0, 0.1) is 5.82 Å². The Morgan fingerprint density at radius 2 is 2.07 bits per heavy atom. The van der Waals surface area contributed by atoms with E-state index in [1.165, 1.54) is 23.5 Å². The summed E-state index contributed by atoms with van der Waals surface area (Å²) < 4.78 is 28.0. The van der Waals surface area contributed by atoms with Gasteiger partial charge in [-0.3, -0.25) is 4.98 Å². The fraction of sp³-hybridized carbons (Fsp3) is 0.158. The normalized spacial score (nSPS) is 11.2. The Labute approximate surface area is 170 Å². The zero-order valence-corrected chi connectivity index (χ0v) is 16.4. The number of pyridine rings is 1. The van der Waals surface area contributed by atoms with E-state index in [9.17, 15) is 4.39 Å². The summed E-state index contributed by atoms with van der Waals surface area (Å²) >= 11 is 5.60. The van der Waals surface area contributed by atoms with Gasteiger partial charge in [-0.15, -0.1) is 11.3 Å². The molecule has 0 radical (unpaired) electrons. The highest BCUT2D eigenvalue weighted by molar-refractivity contribution is 7.80. The Bertz CT molecular complexity index is 1110. The molecule has 0 aliphatic rings. The van der Waals surface area contributed by atoms with Gasteiger partial charge in [-0.2, -0.15) is 12.6 Å². The molecule has 4 rings (SSSR count). The predicted molar refractivity (Wildman–Crippen MR) is 112 cm³/mol. The number of benzene rings is 1. The van der Waals surface area contributed by atoms with Crippen molar-refractivity contribution >= 4 is 39.9 Å². The zero-order chi connectivity index (χ0) is 19.5. The second kappa shape index (κ2) is 8.17. The summed E-state index contributed by atoms with van der Waals surface area (Å²) in [5, 5.41) is 0. The van der Waals surface area contributed by atoms with Crippen molar-refractivity contribution < 1.29 is 13.9 Å². The fourth-order valence-corrected chi connectivity index (χ4v) is 3.79. The lowest BCUT2D eigenvalue weighted by atomic mass is 10.3. The number of rotatable bonds is 7. The van der Waals surface area contributed by atoms with Crippen molar-refractivity contribution in [3.63, 3.8) is 0 Å². The monoisotopic (exact) mass is 416 g/mol. The van der Waals surface area contributed by atoms with E-state index in [-0.39, 0.29) is 5.75 Å². The maximum Gasteiger partial charge on any atom is 0.167 e. The van der Waals surface area contributed by atoms with Gasteiger partial charge in [-0.05, 0) is 18.2 Å². The number of fused-ring (bicyclic) bond motifs is 1. The van der Waals surface area contributed by atoms with Crippen LogP contribution in [0.25, 0.3) is 20.8 Å². The molecule has 2 N–H and O–H groups in total. The molecule has 0 unspecified atom stereocenters. The summed E-state index contributed by atoms with van der Waals surface area (Å²) in [6.07, 6.45) is 5.25. The zero-order valence-electron chi connectivity index (χ0n) is 14.7. The van der Waals surface area contributed by atoms with E-state index < -0.39 is 5.82 Å². The number of ether oxygens (including phenoxy) is 2. The highest BCUT2D eigenvalue weighted by Gasteiger charge is 2.14. The molecule has 0 saturated heterocycles. The van der Waals surface area contributed by atoms with E-state index in [4.69, 9.17) is 15.2 Å². The molecule has 9 heteroatoms. The molecule has 0 atom stereocenters. The quantitative estimate of drug-likeness (QED) is 0.262. The number of thiol groups is 1. The third-order valence-electron chi connectivity index (χ3n) is 3.91. The number of hydrogen-bond acceptors (Lipinski definition) is 7. The molecule has 28 heavy (non-hydrogen) atoms. The molecule has 0 saturated carbocycles. The first-order chi connectivity index (χ1) is 13.6. The van der Waals surface area contributed by atoms with Crippen molar-refractivity contribution in [3.05, 3.63) is 54.9 Å². The van der Waals surface area contributed by atoms with Gasteiger partial charge >= 0.3 is 0 Å². The van der Waals surface area contributed by atoms with Gasteiger partial charge in [0.05, 0.1) is 33.7 Å². The Morgan fingerprint density at radius 3 is 2.89 bits per heavy atom. The van der Waals surface area contributed by atoms with E-state index in [2.05, 4.69) is 22.6 Å². The standard InChI is InChI=1S/C19H17FN4O2S2/c20-13-7-12(21)1-2-16(13)26-17-3-4-22-14-8-18(28-19(14)17)15-9-24(10-23-15)11-25-5-6-27/h1-4,7-10,27H,5-6,11,21H2. The first kappa shape index (κ1) is 18.7. The summed E-state index contributed by atoms with van der Waals surface area (Å²) in [5.74, 6) is 0.798. The molecule has 0 bridgehead atoms. The minimum atomic E-state index is -0.512. The molecule has 6 nitrogen and oxygen atoms in total.